The molecule has 2 aliphatic rings. The van der Waals surface area contributed by atoms with Gasteiger partial charge in [0.1, 0.15) is 0 Å². The van der Waals surface area contributed by atoms with Crippen LogP contribution in [0.5, 0.6) is 0 Å². The van der Waals surface area contributed by atoms with Crippen molar-refractivity contribution < 1.29 is 4.79 Å². The highest BCUT2D eigenvalue weighted by Crippen LogP contribution is 2.34. The average Bonchev–Trinajstić information content (AvgIpc) is 3.38. The molecule has 128 valence electrons. The van der Waals surface area contributed by atoms with Crippen LogP contribution in [0, 0.1) is 12.8 Å². The normalized spacial score (nSPS) is 19.2. The standard InChI is InChI=1S/C18H24N4O2/c1-3-14-11(2)20-22-16(23)10-15(19-17(14)22)12-6-8-21(9-7-12)18(24)13-4-5-13/h10,12-13,20H,3-9H2,1-2H3. The number of aromatic nitrogens is 3. The number of fused-ring (bicyclic) bond motifs is 1. The van der Waals surface area contributed by atoms with Crippen LogP contribution in [-0.4, -0.2) is 38.5 Å². The first-order chi connectivity index (χ1) is 11.6. The highest BCUT2D eigenvalue weighted by atomic mass is 16.2. The number of amides is 1. The molecule has 1 aliphatic heterocycles. The Kier molecular flexibility index (Phi) is 3.70. The lowest BCUT2D eigenvalue weighted by Gasteiger charge is -2.31. The maximum atomic E-state index is 12.4. The highest BCUT2D eigenvalue weighted by Gasteiger charge is 2.35. The van der Waals surface area contributed by atoms with Gasteiger partial charge in [0.2, 0.25) is 5.91 Å². The number of aryl methyl sites for hydroxylation is 2. The molecule has 1 amide bonds. The monoisotopic (exact) mass is 328 g/mol. The van der Waals surface area contributed by atoms with E-state index in [9.17, 15) is 9.59 Å². The fourth-order valence-electron chi connectivity index (χ4n) is 3.83. The Labute approximate surface area is 140 Å². The number of rotatable bonds is 3. The topological polar surface area (TPSA) is 70.5 Å². The van der Waals surface area contributed by atoms with Crippen molar-refractivity contribution in [1.29, 1.82) is 0 Å². The van der Waals surface area contributed by atoms with Crippen LogP contribution in [0.4, 0.5) is 0 Å². The molecular formula is C18H24N4O2. The molecule has 2 aromatic heterocycles. The second-order valence-corrected chi connectivity index (χ2v) is 7.12. The number of hydrogen-bond acceptors (Lipinski definition) is 3. The van der Waals surface area contributed by atoms with Crippen molar-refractivity contribution >= 4 is 11.6 Å². The van der Waals surface area contributed by atoms with Crippen LogP contribution < -0.4 is 5.56 Å². The molecule has 1 N–H and O–H groups in total. The summed E-state index contributed by atoms with van der Waals surface area (Å²) in [5.41, 5.74) is 3.70. The molecule has 2 aromatic rings. The molecule has 0 unspecified atom stereocenters. The average molecular weight is 328 g/mol. The summed E-state index contributed by atoms with van der Waals surface area (Å²) >= 11 is 0. The molecule has 1 aliphatic carbocycles. The van der Waals surface area contributed by atoms with E-state index in [1.807, 2.05) is 11.8 Å². The van der Waals surface area contributed by atoms with Crippen molar-refractivity contribution in [2.45, 2.75) is 51.9 Å². The second kappa shape index (κ2) is 5.76. The Bertz CT molecular complexity index is 839. The maximum absolute atomic E-state index is 12.4. The van der Waals surface area contributed by atoms with Gasteiger partial charge >= 0.3 is 0 Å². The summed E-state index contributed by atoms with van der Waals surface area (Å²) in [6.45, 7) is 5.63. The quantitative estimate of drug-likeness (QED) is 0.937. The van der Waals surface area contributed by atoms with Crippen molar-refractivity contribution in [2.24, 2.45) is 5.92 Å². The number of H-pyrrole nitrogens is 1. The van der Waals surface area contributed by atoms with Crippen LogP contribution in [0.3, 0.4) is 0 Å². The van der Waals surface area contributed by atoms with E-state index < -0.39 is 0 Å². The number of likely N-dealkylation sites (tertiary alicyclic amines) is 1. The van der Waals surface area contributed by atoms with Crippen LogP contribution in [0.2, 0.25) is 0 Å². The predicted molar refractivity (Wildman–Crippen MR) is 91.2 cm³/mol. The number of hydrogen-bond donors (Lipinski definition) is 1. The fourth-order valence-corrected chi connectivity index (χ4v) is 3.83. The fraction of sp³-hybridized carbons (Fsp3) is 0.611. The minimum atomic E-state index is -0.0470. The van der Waals surface area contributed by atoms with Crippen molar-refractivity contribution in [1.82, 2.24) is 19.5 Å². The van der Waals surface area contributed by atoms with Gasteiger partial charge in [-0.3, -0.25) is 14.7 Å². The van der Waals surface area contributed by atoms with Gasteiger partial charge in [0.25, 0.3) is 5.56 Å². The highest BCUT2D eigenvalue weighted by molar-refractivity contribution is 5.81. The van der Waals surface area contributed by atoms with Crippen LogP contribution in [0.1, 0.15) is 55.5 Å². The second-order valence-electron chi connectivity index (χ2n) is 7.12. The van der Waals surface area contributed by atoms with E-state index in [1.165, 1.54) is 0 Å². The summed E-state index contributed by atoms with van der Waals surface area (Å²) in [6, 6.07) is 1.66. The van der Waals surface area contributed by atoms with E-state index in [0.717, 1.165) is 67.8 Å². The maximum Gasteiger partial charge on any atom is 0.272 e. The Morgan fingerprint density at radius 1 is 1.29 bits per heavy atom. The summed E-state index contributed by atoms with van der Waals surface area (Å²) in [7, 11) is 0. The summed E-state index contributed by atoms with van der Waals surface area (Å²) in [6.07, 6.45) is 4.75. The summed E-state index contributed by atoms with van der Waals surface area (Å²) in [5, 5.41) is 3.11. The van der Waals surface area contributed by atoms with Gasteiger partial charge in [-0.05, 0) is 39.0 Å². The minimum Gasteiger partial charge on any atom is -0.342 e. The summed E-state index contributed by atoms with van der Waals surface area (Å²) < 4.78 is 1.55. The largest absolute Gasteiger partial charge is 0.342 e. The lowest BCUT2D eigenvalue weighted by Crippen LogP contribution is -2.39. The van der Waals surface area contributed by atoms with E-state index in [0.29, 0.717) is 5.91 Å². The number of carbonyl (C=O) groups excluding carboxylic acids is 1. The van der Waals surface area contributed by atoms with E-state index in [1.54, 1.807) is 10.6 Å². The first-order valence-corrected chi connectivity index (χ1v) is 8.98. The zero-order valence-electron chi connectivity index (χ0n) is 14.3. The number of nitrogens with zero attached hydrogens (tertiary/aromatic N) is 3. The Hall–Kier alpha value is -2.11. The van der Waals surface area contributed by atoms with E-state index >= 15 is 0 Å². The lowest BCUT2D eigenvalue weighted by molar-refractivity contribution is -0.133. The number of aromatic amines is 1. The molecule has 3 heterocycles. The van der Waals surface area contributed by atoms with Crippen LogP contribution in [-0.2, 0) is 11.2 Å². The van der Waals surface area contributed by atoms with Gasteiger partial charge in [-0.25, -0.2) is 9.50 Å². The molecule has 0 bridgehead atoms. The number of nitrogens with one attached hydrogen (secondary N) is 1. The van der Waals surface area contributed by atoms with Gasteiger partial charge in [0, 0.05) is 42.2 Å². The Morgan fingerprint density at radius 3 is 2.62 bits per heavy atom. The van der Waals surface area contributed by atoms with Crippen molar-refractivity contribution in [3.63, 3.8) is 0 Å². The molecule has 1 saturated heterocycles. The van der Waals surface area contributed by atoms with Gasteiger partial charge in [-0.15, -0.1) is 0 Å². The van der Waals surface area contributed by atoms with Crippen LogP contribution in [0.25, 0.3) is 5.65 Å². The van der Waals surface area contributed by atoms with Gasteiger partial charge in [-0.1, -0.05) is 6.92 Å². The van der Waals surface area contributed by atoms with Crippen molar-refractivity contribution in [3.05, 3.63) is 33.4 Å². The molecule has 6 nitrogen and oxygen atoms in total. The number of carbonyl (C=O) groups is 1. The third-order valence-electron chi connectivity index (χ3n) is 5.45. The zero-order chi connectivity index (χ0) is 16.8. The van der Waals surface area contributed by atoms with Crippen LogP contribution in [0.15, 0.2) is 10.9 Å². The third-order valence-corrected chi connectivity index (χ3v) is 5.45. The molecule has 4 rings (SSSR count). The molecular weight excluding hydrogens is 304 g/mol. The summed E-state index contributed by atoms with van der Waals surface area (Å²) in [5.74, 6) is 0.882. The SMILES string of the molecule is CCc1c(C)[nH]n2c(=O)cc(C3CCN(C(=O)C4CC4)CC3)nc12. The first kappa shape index (κ1) is 15.4. The Balaban J connectivity index is 1.58. The molecule has 1 saturated carbocycles. The molecule has 0 atom stereocenters. The van der Waals surface area contributed by atoms with Crippen LogP contribution >= 0.6 is 0 Å². The molecule has 0 aromatic carbocycles. The molecule has 2 fully saturated rings. The van der Waals surface area contributed by atoms with E-state index in [2.05, 4.69) is 12.0 Å². The van der Waals surface area contributed by atoms with Gasteiger partial charge < -0.3 is 4.90 Å². The molecule has 6 heteroatoms. The summed E-state index contributed by atoms with van der Waals surface area (Å²) in [4.78, 5) is 31.4. The first-order valence-electron chi connectivity index (χ1n) is 8.98. The predicted octanol–water partition coefficient (Wildman–Crippen LogP) is 2.01. The van der Waals surface area contributed by atoms with Crippen molar-refractivity contribution in [2.75, 3.05) is 13.1 Å². The number of piperidine rings is 1. The lowest BCUT2D eigenvalue weighted by atomic mass is 9.93. The van der Waals surface area contributed by atoms with E-state index in [-0.39, 0.29) is 17.4 Å². The van der Waals surface area contributed by atoms with Crippen molar-refractivity contribution in [3.8, 4) is 0 Å². The smallest absolute Gasteiger partial charge is 0.272 e. The molecule has 24 heavy (non-hydrogen) atoms. The zero-order valence-corrected chi connectivity index (χ0v) is 14.3. The third kappa shape index (κ3) is 2.54. The van der Waals surface area contributed by atoms with E-state index in [4.69, 9.17) is 4.98 Å². The minimum absolute atomic E-state index is 0.0470. The van der Waals surface area contributed by atoms with Gasteiger partial charge in [0.15, 0.2) is 5.65 Å². The van der Waals surface area contributed by atoms with Gasteiger partial charge in [0.05, 0.1) is 5.69 Å². The van der Waals surface area contributed by atoms with Gasteiger partial charge in [-0.2, -0.15) is 0 Å². The Morgan fingerprint density at radius 2 is 2.00 bits per heavy atom. The molecule has 0 spiro atoms. The molecule has 0 radical (unpaired) electrons.